The van der Waals surface area contributed by atoms with Gasteiger partial charge in [-0.3, -0.25) is 9.48 Å². The van der Waals surface area contributed by atoms with E-state index in [9.17, 15) is 14.3 Å². The van der Waals surface area contributed by atoms with Gasteiger partial charge in [0.05, 0.1) is 17.1 Å². The highest BCUT2D eigenvalue weighted by molar-refractivity contribution is 5.82. The maximum atomic E-state index is 14.1. The van der Waals surface area contributed by atoms with E-state index in [1.165, 1.54) is 11.6 Å². The molecule has 0 unspecified atom stereocenters. The number of carboxylic acid groups (broad SMARTS) is 1. The van der Waals surface area contributed by atoms with Crippen LogP contribution in [0, 0.1) is 12.7 Å². The number of aliphatic carboxylic acids is 1. The molecule has 140 valence electrons. The summed E-state index contributed by atoms with van der Waals surface area (Å²) in [5.41, 5.74) is 2.38. The summed E-state index contributed by atoms with van der Waals surface area (Å²) >= 11 is 0. The van der Waals surface area contributed by atoms with Crippen molar-refractivity contribution in [3.63, 3.8) is 0 Å². The molecule has 1 saturated carbocycles. The number of carboxylic acids is 1. The standard InChI is InChI=1S/C22H23FN2O2/c1-14-18(4-3-5-19(14)23)22(21(26)27)10-8-15(9-11-22)16-6-7-17-13-24-25(2)20(17)12-16/h3-7,12-13,15H,8-11H2,1-2H3,(H,26,27). The number of benzene rings is 2. The first-order chi connectivity index (χ1) is 12.9. The normalized spacial score (nSPS) is 22.9. The molecule has 1 heterocycles. The summed E-state index contributed by atoms with van der Waals surface area (Å²) in [5.74, 6) is -0.876. The zero-order valence-electron chi connectivity index (χ0n) is 15.6. The predicted molar refractivity (Wildman–Crippen MR) is 102 cm³/mol. The van der Waals surface area contributed by atoms with Gasteiger partial charge in [-0.1, -0.05) is 24.3 Å². The van der Waals surface area contributed by atoms with Crippen LogP contribution in [0.5, 0.6) is 0 Å². The van der Waals surface area contributed by atoms with Gasteiger partial charge in [0.15, 0.2) is 0 Å². The molecule has 0 saturated heterocycles. The van der Waals surface area contributed by atoms with E-state index >= 15 is 0 Å². The van der Waals surface area contributed by atoms with Crippen molar-refractivity contribution in [3.05, 3.63) is 65.1 Å². The molecule has 0 amide bonds. The van der Waals surface area contributed by atoms with Crippen LogP contribution in [0.25, 0.3) is 10.9 Å². The molecule has 4 rings (SSSR count). The van der Waals surface area contributed by atoms with E-state index in [0.29, 0.717) is 29.9 Å². The van der Waals surface area contributed by atoms with Crippen molar-refractivity contribution < 1.29 is 14.3 Å². The molecule has 4 nitrogen and oxygen atoms in total. The first-order valence-electron chi connectivity index (χ1n) is 9.33. The zero-order valence-corrected chi connectivity index (χ0v) is 15.6. The van der Waals surface area contributed by atoms with Crippen LogP contribution in [0.4, 0.5) is 4.39 Å². The molecule has 3 aromatic rings. The molecule has 0 spiro atoms. The molecule has 0 bridgehead atoms. The van der Waals surface area contributed by atoms with Gasteiger partial charge in [0, 0.05) is 12.4 Å². The highest BCUT2D eigenvalue weighted by Gasteiger charge is 2.44. The fourth-order valence-corrected chi connectivity index (χ4v) is 4.58. The number of hydrogen-bond donors (Lipinski definition) is 1. The second kappa shape index (κ2) is 6.48. The predicted octanol–water partition coefficient (Wildman–Crippen LogP) is 4.70. The van der Waals surface area contributed by atoms with Crippen molar-refractivity contribution in [3.8, 4) is 0 Å². The number of carbonyl (C=O) groups is 1. The van der Waals surface area contributed by atoms with E-state index in [2.05, 4.69) is 23.3 Å². The van der Waals surface area contributed by atoms with Crippen LogP contribution in [-0.2, 0) is 17.3 Å². The Morgan fingerprint density at radius 2 is 2.00 bits per heavy atom. The van der Waals surface area contributed by atoms with Crippen molar-refractivity contribution >= 4 is 16.9 Å². The second-order valence-electron chi connectivity index (χ2n) is 7.66. The number of hydrogen-bond acceptors (Lipinski definition) is 2. The summed E-state index contributed by atoms with van der Waals surface area (Å²) in [6, 6.07) is 11.1. The number of halogens is 1. The van der Waals surface area contributed by atoms with Gasteiger partial charge < -0.3 is 5.11 Å². The lowest BCUT2D eigenvalue weighted by Crippen LogP contribution is -2.40. The molecule has 0 radical (unpaired) electrons. The second-order valence-corrected chi connectivity index (χ2v) is 7.66. The lowest BCUT2D eigenvalue weighted by atomic mass is 9.64. The third kappa shape index (κ3) is 2.82. The van der Waals surface area contributed by atoms with Gasteiger partial charge in [0.2, 0.25) is 0 Å². The van der Waals surface area contributed by atoms with Crippen molar-refractivity contribution in [2.24, 2.45) is 7.05 Å². The fourth-order valence-electron chi connectivity index (χ4n) is 4.58. The quantitative estimate of drug-likeness (QED) is 0.731. The molecule has 1 aromatic heterocycles. The highest BCUT2D eigenvalue weighted by Crippen LogP contribution is 2.46. The van der Waals surface area contributed by atoms with E-state index in [-0.39, 0.29) is 5.82 Å². The minimum absolute atomic E-state index is 0.311. The Morgan fingerprint density at radius 3 is 2.70 bits per heavy atom. The van der Waals surface area contributed by atoms with Crippen molar-refractivity contribution in [2.45, 2.75) is 43.9 Å². The van der Waals surface area contributed by atoms with Gasteiger partial charge in [-0.05, 0) is 67.3 Å². The maximum Gasteiger partial charge on any atom is 0.314 e. The molecule has 2 aromatic carbocycles. The van der Waals surface area contributed by atoms with E-state index in [4.69, 9.17) is 0 Å². The van der Waals surface area contributed by atoms with Crippen molar-refractivity contribution in [1.29, 1.82) is 0 Å². The Bertz CT molecular complexity index is 1020. The number of fused-ring (bicyclic) bond motifs is 1. The molecule has 27 heavy (non-hydrogen) atoms. The topological polar surface area (TPSA) is 55.1 Å². The zero-order chi connectivity index (χ0) is 19.2. The van der Waals surface area contributed by atoms with Gasteiger partial charge in [-0.15, -0.1) is 0 Å². The smallest absolute Gasteiger partial charge is 0.314 e. The van der Waals surface area contributed by atoms with Crippen molar-refractivity contribution in [1.82, 2.24) is 9.78 Å². The Hall–Kier alpha value is -2.69. The third-order valence-electron chi connectivity index (χ3n) is 6.28. The maximum absolute atomic E-state index is 14.1. The molecular weight excluding hydrogens is 343 g/mol. The Balaban J connectivity index is 1.64. The molecule has 1 fully saturated rings. The number of nitrogens with zero attached hydrogens (tertiary/aromatic N) is 2. The van der Waals surface area contributed by atoms with Crippen LogP contribution >= 0.6 is 0 Å². The summed E-state index contributed by atoms with van der Waals surface area (Å²) in [7, 11) is 1.93. The monoisotopic (exact) mass is 366 g/mol. The average Bonchev–Trinajstić information content (AvgIpc) is 3.04. The van der Waals surface area contributed by atoms with Crippen molar-refractivity contribution in [2.75, 3.05) is 0 Å². The van der Waals surface area contributed by atoms with Gasteiger partial charge >= 0.3 is 5.97 Å². The lowest BCUT2D eigenvalue weighted by molar-refractivity contribution is -0.145. The molecule has 5 heteroatoms. The average molecular weight is 366 g/mol. The van der Waals surface area contributed by atoms with Crippen LogP contribution in [0.3, 0.4) is 0 Å². The molecule has 1 aliphatic carbocycles. The molecule has 1 N–H and O–H groups in total. The van der Waals surface area contributed by atoms with E-state index in [0.717, 1.165) is 23.7 Å². The van der Waals surface area contributed by atoms with Crippen LogP contribution in [0.1, 0.15) is 48.3 Å². The summed E-state index contributed by atoms with van der Waals surface area (Å²) in [5, 5.41) is 15.4. The SMILES string of the molecule is Cc1c(F)cccc1C1(C(=O)O)CCC(c2ccc3cnn(C)c3c2)CC1. The van der Waals surface area contributed by atoms with Crippen LogP contribution < -0.4 is 0 Å². The first kappa shape index (κ1) is 17.7. The van der Waals surface area contributed by atoms with Gasteiger partial charge in [0.1, 0.15) is 5.82 Å². The van der Waals surface area contributed by atoms with Gasteiger partial charge in [-0.2, -0.15) is 5.10 Å². The Kier molecular flexibility index (Phi) is 4.25. The largest absolute Gasteiger partial charge is 0.481 e. The Labute approximate surface area is 157 Å². The summed E-state index contributed by atoms with van der Waals surface area (Å²) in [4.78, 5) is 12.2. The Morgan fingerprint density at radius 1 is 1.26 bits per heavy atom. The molecular formula is C22H23FN2O2. The fraction of sp³-hybridized carbons (Fsp3) is 0.364. The molecule has 0 aliphatic heterocycles. The minimum Gasteiger partial charge on any atom is -0.481 e. The summed E-state index contributed by atoms with van der Waals surface area (Å²) < 4.78 is 15.9. The summed E-state index contributed by atoms with van der Waals surface area (Å²) in [6.45, 7) is 1.68. The van der Waals surface area contributed by atoms with E-state index in [1.807, 2.05) is 17.9 Å². The van der Waals surface area contributed by atoms with Gasteiger partial charge in [0.25, 0.3) is 0 Å². The molecule has 0 atom stereocenters. The van der Waals surface area contributed by atoms with E-state index in [1.54, 1.807) is 19.1 Å². The van der Waals surface area contributed by atoms with E-state index < -0.39 is 11.4 Å². The minimum atomic E-state index is -1.00. The summed E-state index contributed by atoms with van der Waals surface area (Å²) in [6.07, 6.45) is 4.42. The number of rotatable bonds is 3. The third-order valence-corrected chi connectivity index (χ3v) is 6.28. The molecule has 1 aliphatic rings. The highest BCUT2D eigenvalue weighted by atomic mass is 19.1. The van der Waals surface area contributed by atoms with Gasteiger partial charge in [-0.25, -0.2) is 4.39 Å². The number of aromatic nitrogens is 2. The van der Waals surface area contributed by atoms with Crippen LogP contribution in [0.15, 0.2) is 42.6 Å². The van der Waals surface area contributed by atoms with Crippen LogP contribution in [0.2, 0.25) is 0 Å². The van der Waals surface area contributed by atoms with Crippen LogP contribution in [-0.4, -0.2) is 20.9 Å². The lowest BCUT2D eigenvalue weighted by Gasteiger charge is -2.38. The first-order valence-corrected chi connectivity index (χ1v) is 9.33. The number of aryl methyl sites for hydroxylation is 1.